The van der Waals surface area contributed by atoms with Gasteiger partial charge in [0, 0.05) is 26.2 Å². The lowest BCUT2D eigenvalue weighted by molar-refractivity contribution is -0.274. The molecule has 4 aliphatic rings. The predicted octanol–water partition coefficient (Wildman–Crippen LogP) is 5.18. The molecule has 4 aliphatic heterocycles. The van der Waals surface area contributed by atoms with Gasteiger partial charge in [-0.1, -0.05) is 0 Å². The number of thioether (sulfide) groups is 2. The lowest BCUT2D eigenvalue weighted by atomic mass is 10.0. The second-order valence-electron chi connectivity index (χ2n) is 14.6. The van der Waals surface area contributed by atoms with Gasteiger partial charge in [-0.3, -0.25) is 20.0 Å². The minimum absolute atomic E-state index is 0.119. The maximum absolute atomic E-state index is 13.3. The number of carbonyl (C=O) groups excluding carboxylic acids is 2. The van der Waals surface area contributed by atoms with Crippen molar-refractivity contribution in [3.8, 4) is 17.2 Å². The molecule has 0 aromatic heterocycles. The van der Waals surface area contributed by atoms with Gasteiger partial charge in [-0.15, -0.1) is 13.2 Å². The van der Waals surface area contributed by atoms with E-state index in [2.05, 4.69) is 4.74 Å². The number of benzene rings is 2. The third-order valence-electron chi connectivity index (χ3n) is 10.9. The van der Waals surface area contributed by atoms with E-state index in [-0.39, 0.29) is 75.6 Å². The van der Waals surface area contributed by atoms with Gasteiger partial charge in [0.1, 0.15) is 29.5 Å². The Morgan fingerprint density at radius 2 is 0.934 bits per heavy atom. The fraction of sp³-hybridized carbons (Fsp3) is 0.611. The first-order valence-corrected chi connectivity index (χ1v) is 24.3. The van der Waals surface area contributed by atoms with E-state index in [1.165, 1.54) is 43.8 Å². The summed E-state index contributed by atoms with van der Waals surface area (Å²) in [5, 5.41) is 18.2. The van der Waals surface area contributed by atoms with Crippen LogP contribution in [0.15, 0.2) is 48.5 Å². The second kappa shape index (κ2) is 20.1. The number of nitrogens with zero attached hydrogens (tertiary/aromatic N) is 2. The van der Waals surface area contributed by atoms with E-state index in [1.54, 1.807) is 23.5 Å². The van der Waals surface area contributed by atoms with Crippen LogP contribution in [0.25, 0.3) is 0 Å². The zero-order valence-electron chi connectivity index (χ0n) is 32.5. The van der Waals surface area contributed by atoms with Gasteiger partial charge in [-0.2, -0.15) is 36.7 Å². The number of hydrogen-bond donors (Lipinski definition) is 4. The number of nitrogens with one attached hydrogen (secondary N) is 2. The van der Waals surface area contributed by atoms with Gasteiger partial charge in [0.05, 0.1) is 5.56 Å². The first kappa shape index (κ1) is 48.8. The summed E-state index contributed by atoms with van der Waals surface area (Å²) in [5.41, 5.74) is 2.27. The Hall–Kier alpha value is -3.20. The highest BCUT2D eigenvalue weighted by molar-refractivity contribution is 8.00. The maximum Gasteiger partial charge on any atom is 0.573 e. The summed E-state index contributed by atoms with van der Waals surface area (Å²) in [7, 11) is -8.02. The van der Waals surface area contributed by atoms with Crippen molar-refractivity contribution in [2.24, 2.45) is 0 Å². The summed E-state index contributed by atoms with van der Waals surface area (Å²) in [6, 6.07) is 9.34. The summed E-state index contributed by atoms with van der Waals surface area (Å²) in [4.78, 5) is 24.6. The summed E-state index contributed by atoms with van der Waals surface area (Å²) < 4.78 is 142. The fourth-order valence-electron chi connectivity index (χ4n) is 7.51. The van der Waals surface area contributed by atoms with E-state index in [0.29, 0.717) is 54.4 Å². The minimum Gasteiger partial charge on any atom is -0.490 e. The number of halogens is 6. The molecular formula is C36H46F6N4O11S4. The Balaban J connectivity index is 0.000000231. The Morgan fingerprint density at radius 3 is 1.25 bits per heavy atom. The van der Waals surface area contributed by atoms with Crippen molar-refractivity contribution >= 4 is 55.4 Å². The second-order valence-corrected chi connectivity index (χ2v) is 21.5. The number of carbonyl (C=O) groups is 2. The van der Waals surface area contributed by atoms with Crippen molar-refractivity contribution in [1.82, 2.24) is 19.6 Å². The van der Waals surface area contributed by atoms with Gasteiger partial charge >= 0.3 is 12.5 Å². The lowest BCUT2D eigenvalue weighted by Crippen LogP contribution is -2.60. The quantitative estimate of drug-likeness (QED) is 0.131. The number of rotatable bonds is 11. The number of hydroxylamine groups is 2. The van der Waals surface area contributed by atoms with Crippen LogP contribution in [0.3, 0.4) is 0 Å². The van der Waals surface area contributed by atoms with Crippen LogP contribution < -0.4 is 25.2 Å². The molecule has 0 atom stereocenters. The molecule has 4 saturated heterocycles. The van der Waals surface area contributed by atoms with Crippen molar-refractivity contribution in [3.63, 3.8) is 0 Å². The average Bonchev–Trinajstić information content (AvgIpc) is 3.24. The molecule has 0 saturated carbocycles. The minimum atomic E-state index is -4.78. The van der Waals surface area contributed by atoms with Crippen LogP contribution in [0.5, 0.6) is 17.2 Å². The molecule has 0 aliphatic carbocycles. The third kappa shape index (κ3) is 11.5. The maximum atomic E-state index is 13.3. The Kier molecular flexibility index (Phi) is 16.1. The molecular weight excluding hydrogens is 907 g/mol. The van der Waals surface area contributed by atoms with E-state index in [4.69, 9.17) is 19.9 Å². The first-order chi connectivity index (χ1) is 28.7. The molecule has 2 aromatic carbocycles. The van der Waals surface area contributed by atoms with Crippen LogP contribution in [0, 0.1) is 0 Å². The van der Waals surface area contributed by atoms with E-state index < -0.39 is 59.5 Å². The number of alkyl halides is 6. The van der Waals surface area contributed by atoms with Crippen molar-refractivity contribution < 1.29 is 77.4 Å². The Bertz CT molecular complexity index is 2000. The van der Waals surface area contributed by atoms with Crippen LogP contribution in [-0.2, 0) is 35.8 Å². The number of hydrogen-bond acceptors (Lipinski definition) is 13. The Labute approximate surface area is 357 Å². The van der Waals surface area contributed by atoms with Crippen molar-refractivity contribution in [3.05, 3.63) is 54.1 Å². The molecule has 0 spiro atoms. The molecule has 61 heavy (non-hydrogen) atoms. The van der Waals surface area contributed by atoms with E-state index in [9.17, 15) is 52.8 Å². The first-order valence-electron chi connectivity index (χ1n) is 19.1. The number of sulfonamides is 2. The molecule has 4 fully saturated rings. The van der Waals surface area contributed by atoms with E-state index in [1.807, 2.05) is 0 Å². The number of piperidine rings is 2. The Morgan fingerprint density at radius 1 is 0.607 bits per heavy atom. The van der Waals surface area contributed by atoms with E-state index in [0.717, 1.165) is 24.3 Å². The standard InChI is InChI=1S/C18H23F3N2O6S2.C18H23F3N2O5S2/c19-18(20,21)29-15-3-1-13(2-4-15)28-14-5-9-23(10-6-14)31(26,27)17(16(24)22-25)7-11-30-12-8-17;19-18(20,21)13-1-3-14(4-2-13)28-15-5-9-23(10-6-15)30(26,27)17(16(24)22-25)7-11-29-12-8-17/h1-4,14,25H,5-12H2,(H,22,24);1-4,15,25H,5-12H2,(H,22,24). The zero-order valence-corrected chi connectivity index (χ0v) is 35.7. The van der Waals surface area contributed by atoms with Crippen LogP contribution in [0.2, 0.25) is 0 Å². The summed E-state index contributed by atoms with van der Waals surface area (Å²) in [6.07, 6.45) is -8.01. The fourth-order valence-corrected chi connectivity index (χ4v) is 14.8. The largest absolute Gasteiger partial charge is 0.573 e. The summed E-state index contributed by atoms with van der Waals surface area (Å²) >= 11 is 3.11. The summed E-state index contributed by atoms with van der Waals surface area (Å²) in [5.74, 6) is 0.444. The van der Waals surface area contributed by atoms with Crippen molar-refractivity contribution in [1.29, 1.82) is 0 Å². The highest BCUT2D eigenvalue weighted by Crippen LogP contribution is 2.40. The van der Waals surface area contributed by atoms with Gasteiger partial charge in [0.15, 0.2) is 9.49 Å². The number of amides is 2. The predicted molar refractivity (Wildman–Crippen MR) is 211 cm³/mol. The number of ether oxygens (including phenoxy) is 3. The van der Waals surface area contributed by atoms with Crippen LogP contribution in [-0.4, -0.2) is 125 Å². The molecule has 4 N–H and O–H groups in total. The smallest absolute Gasteiger partial charge is 0.490 e. The molecule has 342 valence electrons. The van der Waals surface area contributed by atoms with Crippen LogP contribution >= 0.6 is 23.5 Å². The van der Waals surface area contributed by atoms with Crippen LogP contribution in [0.1, 0.15) is 56.9 Å². The third-order valence-corrected chi connectivity index (χ3v) is 18.2. The monoisotopic (exact) mass is 952 g/mol. The van der Waals surface area contributed by atoms with Gasteiger partial charge in [-0.25, -0.2) is 36.4 Å². The van der Waals surface area contributed by atoms with Gasteiger partial charge in [0.25, 0.3) is 11.8 Å². The topological polar surface area (TPSA) is 201 Å². The zero-order chi connectivity index (χ0) is 44.7. The normalized spacial score (nSPS) is 21.0. The molecule has 2 amide bonds. The molecule has 25 heteroatoms. The highest BCUT2D eigenvalue weighted by atomic mass is 32.2. The van der Waals surface area contributed by atoms with Gasteiger partial charge in [-0.05, 0) is 123 Å². The summed E-state index contributed by atoms with van der Waals surface area (Å²) in [6.45, 7) is 0.522. The lowest BCUT2D eigenvalue weighted by Gasteiger charge is -2.40. The van der Waals surface area contributed by atoms with Crippen molar-refractivity contribution in [2.45, 2.75) is 85.6 Å². The average molecular weight is 953 g/mol. The van der Waals surface area contributed by atoms with E-state index >= 15 is 0 Å². The molecule has 6 rings (SSSR count). The molecule has 15 nitrogen and oxygen atoms in total. The van der Waals surface area contributed by atoms with Gasteiger partial charge in [0.2, 0.25) is 20.0 Å². The van der Waals surface area contributed by atoms with Gasteiger partial charge < -0.3 is 14.2 Å². The molecule has 0 bridgehead atoms. The molecule has 0 unspecified atom stereocenters. The SMILES string of the molecule is O=C(NO)C1(S(=O)(=O)N2CCC(Oc3ccc(C(F)(F)F)cc3)CC2)CCSCC1.O=C(NO)C1(S(=O)(=O)N2CCC(Oc3ccc(OC(F)(F)F)cc3)CC2)CCSCC1. The van der Waals surface area contributed by atoms with Crippen LogP contribution in [0.4, 0.5) is 26.3 Å². The molecule has 4 heterocycles. The molecule has 0 radical (unpaired) electrons. The van der Waals surface area contributed by atoms with Crippen molar-refractivity contribution in [2.75, 3.05) is 49.2 Å². The highest BCUT2D eigenvalue weighted by Gasteiger charge is 2.55. The molecule has 2 aromatic rings.